The van der Waals surface area contributed by atoms with E-state index in [1.54, 1.807) is 0 Å². The topological polar surface area (TPSA) is 55.1 Å². The first-order valence-electron chi connectivity index (χ1n) is 5.46. The van der Waals surface area contributed by atoms with Crippen LogP contribution in [0.2, 0.25) is 0 Å². The van der Waals surface area contributed by atoms with Crippen molar-refractivity contribution in [1.29, 1.82) is 0 Å². The molecule has 3 rings (SSSR count). The molecule has 2 aliphatic rings. The van der Waals surface area contributed by atoms with Crippen LogP contribution in [0.5, 0.6) is 0 Å². The largest absolute Gasteiger partial charge is 0.398 e. The highest BCUT2D eigenvalue weighted by atomic mass is 16.1. The molecule has 0 saturated heterocycles. The van der Waals surface area contributed by atoms with E-state index >= 15 is 0 Å². The van der Waals surface area contributed by atoms with E-state index in [1.807, 2.05) is 6.07 Å². The summed E-state index contributed by atoms with van der Waals surface area (Å²) in [4.78, 5) is 11.2. The van der Waals surface area contributed by atoms with Crippen LogP contribution in [0.1, 0.15) is 36.3 Å². The van der Waals surface area contributed by atoms with Gasteiger partial charge in [0, 0.05) is 11.4 Å². The van der Waals surface area contributed by atoms with E-state index in [-0.39, 0.29) is 5.91 Å². The second-order valence-electron chi connectivity index (χ2n) is 4.49. The van der Waals surface area contributed by atoms with Crippen LogP contribution in [0.15, 0.2) is 12.1 Å². The molecule has 78 valence electrons. The molecular formula is C12H14N2O. The number of hydrogen-bond donors (Lipinski definition) is 2. The molecule has 3 nitrogen and oxygen atoms in total. The van der Waals surface area contributed by atoms with E-state index in [2.05, 4.69) is 11.4 Å². The highest BCUT2D eigenvalue weighted by Gasteiger charge is 2.25. The van der Waals surface area contributed by atoms with Crippen LogP contribution in [0, 0.1) is 0 Å². The van der Waals surface area contributed by atoms with Crippen LogP contribution in [-0.4, -0.2) is 5.91 Å². The lowest BCUT2D eigenvalue weighted by molar-refractivity contribution is -0.115. The predicted molar refractivity (Wildman–Crippen MR) is 59.8 cm³/mol. The van der Waals surface area contributed by atoms with Crippen molar-refractivity contribution in [3.05, 3.63) is 23.3 Å². The lowest BCUT2D eigenvalue weighted by atomic mass is 9.79. The Bertz CT molecular complexity index is 435. The smallest absolute Gasteiger partial charge is 0.228 e. The molecule has 1 fully saturated rings. The second kappa shape index (κ2) is 2.99. The molecule has 1 aromatic rings. The molecular weight excluding hydrogens is 188 g/mol. The van der Waals surface area contributed by atoms with Crippen LogP contribution in [0.3, 0.4) is 0 Å². The van der Waals surface area contributed by atoms with Crippen molar-refractivity contribution in [2.45, 2.75) is 31.6 Å². The molecule has 0 radical (unpaired) electrons. The summed E-state index contributed by atoms with van der Waals surface area (Å²) in [7, 11) is 0. The lowest BCUT2D eigenvalue weighted by Crippen LogP contribution is -2.11. The van der Waals surface area contributed by atoms with E-state index in [9.17, 15) is 4.79 Å². The van der Waals surface area contributed by atoms with Gasteiger partial charge in [0.2, 0.25) is 5.91 Å². The molecule has 0 bridgehead atoms. The zero-order chi connectivity index (χ0) is 10.4. The van der Waals surface area contributed by atoms with Crippen LogP contribution >= 0.6 is 0 Å². The van der Waals surface area contributed by atoms with E-state index in [0.717, 1.165) is 16.9 Å². The summed E-state index contributed by atoms with van der Waals surface area (Å²) < 4.78 is 0. The minimum atomic E-state index is 0.0789. The van der Waals surface area contributed by atoms with Gasteiger partial charge in [0.15, 0.2) is 0 Å². The van der Waals surface area contributed by atoms with E-state index in [4.69, 9.17) is 5.73 Å². The highest BCUT2D eigenvalue weighted by Crippen LogP contribution is 2.41. The maximum absolute atomic E-state index is 11.2. The summed E-state index contributed by atoms with van der Waals surface area (Å²) in [5.41, 5.74) is 10.1. The summed E-state index contributed by atoms with van der Waals surface area (Å²) >= 11 is 0. The Morgan fingerprint density at radius 1 is 1.33 bits per heavy atom. The van der Waals surface area contributed by atoms with E-state index < -0.39 is 0 Å². The zero-order valence-electron chi connectivity index (χ0n) is 8.55. The minimum absolute atomic E-state index is 0.0789. The molecule has 0 atom stereocenters. The Kier molecular flexibility index (Phi) is 1.75. The number of fused-ring (bicyclic) bond motifs is 1. The number of amides is 1. The van der Waals surface area contributed by atoms with Crippen molar-refractivity contribution in [1.82, 2.24) is 0 Å². The first-order chi connectivity index (χ1) is 7.24. The molecule has 15 heavy (non-hydrogen) atoms. The van der Waals surface area contributed by atoms with Crippen molar-refractivity contribution in [3.63, 3.8) is 0 Å². The Hall–Kier alpha value is -1.51. The Balaban J connectivity index is 2.03. The molecule has 0 spiro atoms. The van der Waals surface area contributed by atoms with Gasteiger partial charge in [-0.3, -0.25) is 4.79 Å². The molecule has 1 aliphatic heterocycles. The molecule has 0 unspecified atom stereocenters. The third kappa shape index (κ3) is 1.30. The van der Waals surface area contributed by atoms with Crippen LogP contribution in [0.4, 0.5) is 11.4 Å². The van der Waals surface area contributed by atoms with Crippen molar-refractivity contribution >= 4 is 17.3 Å². The molecule has 1 saturated carbocycles. The number of nitrogen functional groups attached to an aromatic ring is 1. The molecule has 1 amide bonds. The maximum atomic E-state index is 11.2. The van der Waals surface area contributed by atoms with Gasteiger partial charge in [-0.1, -0.05) is 6.42 Å². The monoisotopic (exact) mass is 202 g/mol. The standard InChI is InChI=1S/C12H14N2O/c13-10-4-8-5-12(15)14-11(8)6-9(10)7-2-1-3-7/h4,6-7H,1-3,5,13H2,(H,14,15). The summed E-state index contributed by atoms with van der Waals surface area (Å²) in [6.45, 7) is 0. The summed E-state index contributed by atoms with van der Waals surface area (Å²) in [6.07, 6.45) is 4.24. The Morgan fingerprint density at radius 3 is 2.80 bits per heavy atom. The average Bonchev–Trinajstić information content (AvgIpc) is 2.42. The van der Waals surface area contributed by atoms with Gasteiger partial charge in [0.1, 0.15) is 0 Å². The summed E-state index contributed by atoms with van der Waals surface area (Å²) in [5, 5.41) is 2.87. The van der Waals surface area contributed by atoms with Crippen LogP contribution in [-0.2, 0) is 11.2 Å². The van der Waals surface area contributed by atoms with Crippen LogP contribution < -0.4 is 11.1 Å². The second-order valence-corrected chi connectivity index (χ2v) is 4.49. The van der Waals surface area contributed by atoms with Gasteiger partial charge in [-0.15, -0.1) is 0 Å². The molecule has 0 aromatic heterocycles. The minimum Gasteiger partial charge on any atom is -0.398 e. The fraction of sp³-hybridized carbons (Fsp3) is 0.417. The van der Waals surface area contributed by atoms with Crippen molar-refractivity contribution in [2.24, 2.45) is 0 Å². The quantitative estimate of drug-likeness (QED) is 0.684. The van der Waals surface area contributed by atoms with Gasteiger partial charge in [-0.2, -0.15) is 0 Å². The van der Waals surface area contributed by atoms with Gasteiger partial charge >= 0.3 is 0 Å². The number of nitrogens with two attached hydrogens (primary N) is 1. The molecule has 1 aromatic carbocycles. The first-order valence-corrected chi connectivity index (χ1v) is 5.46. The number of anilines is 2. The zero-order valence-corrected chi connectivity index (χ0v) is 8.55. The van der Waals surface area contributed by atoms with Crippen molar-refractivity contribution < 1.29 is 4.79 Å². The number of rotatable bonds is 1. The molecule has 1 heterocycles. The average molecular weight is 202 g/mol. The van der Waals surface area contributed by atoms with Crippen molar-refractivity contribution in [2.75, 3.05) is 11.1 Å². The number of benzene rings is 1. The first kappa shape index (κ1) is 8.77. The SMILES string of the molecule is Nc1cc2c(cc1C1CCC1)NC(=O)C2. The Labute approximate surface area is 88.7 Å². The third-order valence-corrected chi connectivity index (χ3v) is 3.48. The van der Waals surface area contributed by atoms with Crippen molar-refractivity contribution in [3.8, 4) is 0 Å². The number of carbonyl (C=O) groups excluding carboxylic acids is 1. The summed E-state index contributed by atoms with van der Waals surface area (Å²) in [6, 6.07) is 4.03. The molecule has 1 aliphatic carbocycles. The van der Waals surface area contributed by atoms with Gasteiger partial charge < -0.3 is 11.1 Å². The predicted octanol–water partition coefficient (Wildman–Crippen LogP) is 2.03. The third-order valence-electron chi connectivity index (χ3n) is 3.48. The number of hydrogen-bond acceptors (Lipinski definition) is 2. The molecule has 3 N–H and O–H groups in total. The van der Waals surface area contributed by atoms with Gasteiger partial charge in [-0.25, -0.2) is 0 Å². The van der Waals surface area contributed by atoms with Gasteiger partial charge in [0.25, 0.3) is 0 Å². The number of nitrogens with one attached hydrogen (secondary N) is 1. The fourth-order valence-corrected chi connectivity index (χ4v) is 2.38. The van der Waals surface area contributed by atoms with Gasteiger partial charge in [0.05, 0.1) is 6.42 Å². The Morgan fingerprint density at radius 2 is 2.13 bits per heavy atom. The summed E-state index contributed by atoms with van der Waals surface area (Å²) in [5.74, 6) is 0.697. The lowest BCUT2D eigenvalue weighted by Gasteiger charge is -2.27. The molecule has 3 heteroatoms. The normalized spacial score (nSPS) is 19.6. The fourth-order valence-electron chi connectivity index (χ4n) is 2.38. The number of carbonyl (C=O) groups is 1. The highest BCUT2D eigenvalue weighted by molar-refractivity contribution is 5.99. The van der Waals surface area contributed by atoms with E-state index in [0.29, 0.717) is 12.3 Å². The van der Waals surface area contributed by atoms with E-state index in [1.165, 1.54) is 24.8 Å². The van der Waals surface area contributed by atoms with Gasteiger partial charge in [-0.05, 0) is 42.0 Å². The van der Waals surface area contributed by atoms with Crippen LogP contribution in [0.25, 0.3) is 0 Å². The maximum Gasteiger partial charge on any atom is 0.228 e.